The molecule has 0 spiro atoms. The van der Waals surface area contributed by atoms with Crippen molar-refractivity contribution in [2.45, 2.75) is 70.1 Å². The molecule has 2 unspecified atom stereocenters. The fourth-order valence-corrected chi connectivity index (χ4v) is 6.95. The number of phenols is 1. The first-order valence-electron chi connectivity index (χ1n) is 13.3. The summed E-state index contributed by atoms with van der Waals surface area (Å²) < 4.78 is 5.79. The Hall–Kier alpha value is -3.44. The van der Waals surface area contributed by atoms with Gasteiger partial charge in [0.1, 0.15) is 11.9 Å². The van der Waals surface area contributed by atoms with E-state index in [1.165, 1.54) is 25.9 Å². The highest BCUT2D eigenvalue weighted by Crippen LogP contribution is 2.56. The Morgan fingerprint density at radius 3 is 2.20 bits per heavy atom. The maximum absolute atomic E-state index is 14.2. The van der Waals surface area contributed by atoms with Crippen LogP contribution in [0.4, 0.5) is 0 Å². The summed E-state index contributed by atoms with van der Waals surface area (Å²) in [4.78, 5) is 81.8. The maximum atomic E-state index is 14.2. The maximum Gasteiger partial charge on any atom is 0.305 e. The van der Waals surface area contributed by atoms with Gasteiger partial charge in [-0.1, -0.05) is 46.8 Å². The van der Waals surface area contributed by atoms with Crippen LogP contribution >= 0.6 is 0 Å². The van der Waals surface area contributed by atoms with Gasteiger partial charge >= 0.3 is 5.97 Å². The van der Waals surface area contributed by atoms with Crippen LogP contribution in [0.25, 0.3) is 0 Å². The number of phenolic OH excluding ortho intramolecular Hbond substituents is 1. The van der Waals surface area contributed by atoms with Crippen LogP contribution in [0.3, 0.4) is 0 Å². The Labute approximate surface area is 232 Å². The molecule has 40 heavy (non-hydrogen) atoms. The van der Waals surface area contributed by atoms with Crippen molar-refractivity contribution >= 4 is 35.0 Å². The van der Waals surface area contributed by atoms with E-state index in [4.69, 9.17) is 10.5 Å². The van der Waals surface area contributed by atoms with E-state index in [9.17, 15) is 39.0 Å². The van der Waals surface area contributed by atoms with Gasteiger partial charge in [0, 0.05) is 12.3 Å². The Morgan fingerprint density at radius 2 is 1.70 bits per heavy atom. The van der Waals surface area contributed by atoms with Gasteiger partial charge in [-0.15, -0.1) is 0 Å². The first-order valence-corrected chi connectivity index (χ1v) is 13.3. The molecule has 0 aromatic heterocycles. The quantitative estimate of drug-likeness (QED) is 0.352. The predicted molar refractivity (Wildman–Crippen MR) is 140 cm³/mol. The third-order valence-corrected chi connectivity index (χ3v) is 8.82. The van der Waals surface area contributed by atoms with Crippen molar-refractivity contribution in [1.82, 2.24) is 4.90 Å². The lowest BCUT2D eigenvalue weighted by molar-refractivity contribution is -0.205. The van der Waals surface area contributed by atoms with Crippen molar-refractivity contribution in [2.24, 2.45) is 29.4 Å². The number of ketones is 4. The number of nitrogens with two attached hydrogens (primary N) is 1. The number of hydrogen-bond donors (Lipinski definition) is 3. The van der Waals surface area contributed by atoms with Gasteiger partial charge in [0.25, 0.3) is 0 Å². The van der Waals surface area contributed by atoms with Crippen molar-refractivity contribution < 1.29 is 43.7 Å². The number of primary amides is 1. The smallest absolute Gasteiger partial charge is 0.305 e. The number of benzene rings is 1. The number of likely N-dealkylation sites (N-methyl/N-ethyl adjacent to an activating group) is 1. The summed E-state index contributed by atoms with van der Waals surface area (Å²) in [5, 5.41) is 23.2. The molecule has 3 aliphatic rings. The molecule has 4 rings (SSSR count). The van der Waals surface area contributed by atoms with Crippen molar-refractivity contribution in [3.05, 3.63) is 28.8 Å². The molecule has 0 radical (unpaired) electrons. The minimum Gasteiger partial charge on any atom is -0.507 e. The Morgan fingerprint density at radius 1 is 1.10 bits per heavy atom. The fourth-order valence-electron chi connectivity index (χ4n) is 6.95. The third-order valence-electron chi connectivity index (χ3n) is 8.82. The highest BCUT2D eigenvalue weighted by molar-refractivity contribution is 6.32. The fraction of sp³-hybridized carbons (Fsp3) is 0.586. The number of rotatable bonds is 4. The van der Waals surface area contributed by atoms with Gasteiger partial charge in [-0.2, -0.15) is 0 Å². The number of Topliss-reactive ketones (excluding diaryl/α,β-unsaturated/α-hetero) is 4. The second kappa shape index (κ2) is 9.59. The molecule has 216 valence electrons. The Bertz CT molecular complexity index is 1340. The van der Waals surface area contributed by atoms with Crippen molar-refractivity contribution in [1.29, 1.82) is 0 Å². The lowest BCUT2D eigenvalue weighted by atomic mass is 9.49. The number of nitrogens with zero attached hydrogens (tertiary/aromatic N) is 1. The van der Waals surface area contributed by atoms with Crippen LogP contribution in [0.5, 0.6) is 5.75 Å². The molecular formula is C29H36N2O9. The topological polar surface area (TPSA) is 181 Å². The minimum absolute atomic E-state index is 0.0972. The highest BCUT2D eigenvalue weighted by atomic mass is 16.5. The van der Waals surface area contributed by atoms with Crippen LogP contribution in [0.15, 0.2) is 12.1 Å². The van der Waals surface area contributed by atoms with E-state index in [1.54, 1.807) is 19.1 Å². The molecule has 11 nitrogen and oxygen atoms in total. The number of carbonyl (C=O) groups is 6. The molecule has 4 N–H and O–H groups in total. The molecule has 1 aromatic rings. The minimum atomic E-state index is -3.04. The molecule has 8 atom stereocenters. The van der Waals surface area contributed by atoms with Gasteiger partial charge in [0.2, 0.25) is 5.91 Å². The van der Waals surface area contributed by atoms with Crippen LogP contribution in [0.2, 0.25) is 0 Å². The highest BCUT2D eigenvalue weighted by Gasteiger charge is 2.74. The van der Waals surface area contributed by atoms with Crippen LogP contribution in [-0.2, 0) is 34.1 Å². The summed E-state index contributed by atoms with van der Waals surface area (Å²) in [6, 6.07) is 1.96. The molecule has 0 heterocycles. The van der Waals surface area contributed by atoms with Crippen molar-refractivity contribution in [3.63, 3.8) is 0 Å². The van der Waals surface area contributed by atoms with Gasteiger partial charge in [-0.25, -0.2) is 0 Å². The van der Waals surface area contributed by atoms with Crippen LogP contribution < -0.4 is 5.73 Å². The predicted octanol–water partition coefficient (Wildman–Crippen LogP) is 0.657. The second-order valence-corrected chi connectivity index (χ2v) is 12.4. The van der Waals surface area contributed by atoms with E-state index in [-0.39, 0.29) is 17.7 Å². The average Bonchev–Trinajstić information content (AvgIpc) is 2.84. The zero-order valence-corrected chi connectivity index (χ0v) is 23.7. The number of hydrogen-bond acceptors (Lipinski definition) is 10. The van der Waals surface area contributed by atoms with E-state index >= 15 is 0 Å². The van der Waals surface area contributed by atoms with E-state index in [0.717, 1.165) is 0 Å². The molecule has 3 aliphatic carbocycles. The van der Waals surface area contributed by atoms with Crippen LogP contribution in [-0.4, -0.2) is 82.0 Å². The number of esters is 1. The second-order valence-electron chi connectivity index (χ2n) is 12.4. The standard InChI is InChI=1S/C29H36N2O9/c1-8-14(32)40-24-15-11(2)12-9-10-13(28(3,4)5)21(33)16(12)22(34)17(15)25(36)29(39)19(24)20(31(6)7)23(35)18(26(29)37)27(30)38/h9-11,15,17-20,24,33,39H,8H2,1-7H3,(H2,30,38)/t11-,15+,17?,18?,19+,20-,24-,29-/m1/s1. The van der Waals surface area contributed by atoms with Crippen LogP contribution in [0.1, 0.15) is 68.4 Å². The number of fused-ring (bicyclic) bond motifs is 3. The number of aliphatic hydroxyl groups is 1. The molecule has 0 aliphatic heterocycles. The van der Waals surface area contributed by atoms with Gasteiger partial charge in [0.05, 0.1) is 23.4 Å². The monoisotopic (exact) mass is 556 g/mol. The summed E-state index contributed by atoms with van der Waals surface area (Å²) in [6.45, 7) is 8.76. The number of ether oxygens (including phenoxy) is 1. The molecular weight excluding hydrogens is 520 g/mol. The molecule has 0 bridgehead atoms. The van der Waals surface area contributed by atoms with E-state index in [2.05, 4.69) is 0 Å². The Kier molecular flexibility index (Phi) is 7.08. The van der Waals surface area contributed by atoms with Crippen molar-refractivity contribution in [3.8, 4) is 5.75 Å². The third kappa shape index (κ3) is 3.93. The SMILES string of the molecule is CCC(=O)O[C@@H]1[C@@H]2C(C(=O)c3c(ccc(C(C)(C)C)c3O)[C@H]2C)C(=O)[C@@]2(O)C(=O)C(C(N)=O)C(=O)[C@H](N(C)C)[C@@H]12. The summed E-state index contributed by atoms with van der Waals surface area (Å²) >= 11 is 0. The number of aromatic hydroxyl groups is 1. The zero-order valence-electron chi connectivity index (χ0n) is 23.7. The number of amides is 1. The summed E-state index contributed by atoms with van der Waals surface area (Å²) in [5.41, 5.74) is 2.56. The zero-order chi connectivity index (χ0) is 30.2. The van der Waals surface area contributed by atoms with Gasteiger partial charge in [-0.3, -0.25) is 33.7 Å². The average molecular weight is 557 g/mol. The van der Waals surface area contributed by atoms with Gasteiger partial charge in [-0.05, 0) is 36.6 Å². The van der Waals surface area contributed by atoms with Crippen molar-refractivity contribution in [2.75, 3.05) is 14.1 Å². The van der Waals surface area contributed by atoms with Gasteiger partial charge < -0.3 is 20.7 Å². The molecule has 1 amide bonds. The first-order chi connectivity index (χ1) is 18.4. The van der Waals surface area contributed by atoms with Gasteiger partial charge in [0.15, 0.2) is 34.7 Å². The van der Waals surface area contributed by atoms with E-state index in [0.29, 0.717) is 11.1 Å². The van der Waals surface area contributed by atoms with E-state index < -0.39 is 87.8 Å². The van der Waals surface area contributed by atoms with Crippen LogP contribution in [0, 0.1) is 23.7 Å². The first kappa shape index (κ1) is 29.5. The number of carbonyl (C=O) groups excluding carboxylic acids is 6. The molecule has 2 fully saturated rings. The molecule has 1 aromatic carbocycles. The molecule has 11 heteroatoms. The normalized spacial score (nSPS) is 33.8. The lowest BCUT2D eigenvalue weighted by Gasteiger charge is -2.56. The largest absolute Gasteiger partial charge is 0.507 e. The Balaban J connectivity index is 2.04. The summed E-state index contributed by atoms with van der Waals surface area (Å²) in [6.07, 6.45) is -1.54. The summed E-state index contributed by atoms with van der Waals surface area (Å²) in [5.74, 6) is -14.0. The molecule has 2 saturated carbocycles. The lowest BCUT2D eigenvalue weighted by Crippen LogP contribution is -2.78. The van der Waals surface area contributed by atoms with E-state index in [1.807, 2.05) is 20.8 Å². The molecule has 0 saturated heterocycles. The summed E-state index contributed by atoms with van der Waals surface area (Å²) in [7, 11) is 2.92.